The van der Waals surface area contributed by atoms with Gasteiger partial charge in [-0.2, -0.15) is 4.98 Å². The lowest BCUT2D eigenvalue weighted by molar-refractivity contribution is -0.113. The van der Waals surface area contributed by atoms with Crippen molar-refractivity contribution in [3.05, 3.63) is 69.3 Å². The lowest BCUT2D eigenvalue weighted by Crippen LogP contribution is -2.31. The third kappa shape index (κ3) is 4.33. The number of fused-ring (bicyclic) bond motifs is 1. The monoisotopic (exact) mass is 499 g/mol. The fraction of sp³-hybridized carbons (Fsp3) is 0.227. The van der Waals surface area contributed by atoms with Crippen LogP contribution in [0.5, 0.6) is 5.75 Å². The standard InChI is InChI=1S/C22H22BrN5O2S/c1-4-31-22-26-21-24-13(3)18(20(30)25-15-7-5-6-12(2)10-15)19(28(21)27-22)14-8-9-17(29)16(23)11-14/h5-11,19,29H,4H2,1-3H3,(H,25,30)(H,24,26,27). The van der Waals surface area contributed by atoms with Gasteiger partial charge in [0.2, 0.25) is 11.1 Å². The maximum Gasteiger partial charge on any atom is 0.255 e. The van der Waals surface area contributed by atoms with Crippen molar-refractivity contribution in [1.29, 1.82) is 0 Å². The molecule has 1 aromatic heterocycles. The number of amides is 1. The van der Waals surface area contributed by atoms with Gasteiger partial charge in [0, 0.05) is 11.4 Å². The van der Waals surface area contributed by atoms with Crippen molar-refractivity contribution in [2.75, 3.05) is 16.4 Å². The van der Waals surface area contributed by atoms with Crippen molar-refractivity contribution < 1.29 is 9.90 Å². The minimum absolute atomic E-state index is 0.130. The summed E-state index contributed by atoms with van der Waals surface area (Å²) in [5.41, 5.74) is 3.82. The number of aromatic hydroxyl groups is 1. The maximum absolute atomic E-state index is 13.4. The Bertz CT molecular complexity index is 1190. The van der Waals surface area contributed by atoms with Crippen LogP contribution >= 0.6 is 27.7 Å². The molecule has 0 fully saturated rings. The lowest BCUT2D eigenvalue weighted by atomic mass is 9.95. The Morgan fingerprint density at radius 1 is 1.29 bits per heavy atom. The second-order valence-corrected chi connectivity index (χ2v) is 9.28. The maximum atomic E-state index is 13.4. The van der Waals surface area contributed by atoms with Crippen LogP contribution in [0.2, 0.25) is 0 Å². The SMILES string of the molecule is CCSc1nc2n(n1)C(c1ccc(O)c(Br)c1)C(C(=O)Nc1cccc(C)c1)=C(C)N2. The number of thioether (sulfide) groups is 1. The number of carbonyl (C=O) groups excluding carboxylic acids is 1. The zero-order valence-corrected chi connectivity index (χ0v) is 19.7. The number of aryl methyl sites for hydroxylation is 1. The number of phenolic OH excluding ortho intramolecular Hbond substituents is 1. The smallest absolute Gasteiger partial charge is 0.255 e. The number of hydrogen-bond donors (Lipinski definition) is 3. The molecular weight excluding hydrogens is 478 g/mol. The molecule has 1 aliphatic heterocycles. The third-order valence-electron chi connectivity index (χ3n) is 4.91. The van der Waals surface area contributed by atoms with Crippen molar-refractivity contribution in [1.82, 2.24) is 14.8 Å². The summed E-state index contributed by atoms with van der Waals surface area (Å²) in [6.45, 7) is 5.88. The number of phenols is 1. The van der Waals surface area contributed by atoms with Crippen molar-refractivity contribution in [2.45, 2.75) is 32.0 Å². The molecule has 3 aromatic rings. The van der Waals surface area contributed by atoms with E-state index in [1.165, 1.54) is 11.8 Å². The third-order valence-corrected chi connectivity index (χ3v) is 6.27. The van der Waals surface area contributed by atoms with Crippen LogP contribution in [-0.4, -0.2) is 31.5 Å². The van der Waals surface area contributed by atoms with Crippen molar-refractivity contribution in [2.24, 2.45) is 0 Å². The van der Waals surface area contributed by atoms with E-state index in [2.05, 4.69) is 36.6 Å². The molecule has 0 saturated carbocycles. The molecular formula is C22H22BrN5O2S. The normalized spacial score (nSPS) is 15.4. The molecule has 4 rings (SSSR count). The number of halogens is 1. The zero-order valence-electron chi connectivity index (χ0n) is 17.3. The van der Waals surface area contributed by atoms with Gasteiger partial charge in [-0.25, -0.2) is 4.68 Å². The number of aromatic nitrogens is 3. The highest BCUT2D eigenvalue weighted by Crippen LogP contribution is 2.38. The van der Waals surface area contributed by atoms with Crippen LogP contribution in [0.4, 0.5) is 11.6 Å². The summed E-state index contributed by atoms with van der Waals surface area (Å²) in [6.07, 6.45) is 0. The van der Waals surface area contributed by atoms with Crippen molar-refractivity contribution in [3.8, 4) is 5.75 Å². The first-order valence-electron chi connectivity index (χ1n) is 9.81. The lowest BCUT2D eigenvalue weighted by Gasteiger charge is -2.29. The Balaban J connectivity index is 1.80. The van der Waals surface area contributed by atoms with E-state index in [-0.39, 0.29) is 11.7 Å². The Labute approximate surface area is 193 Å². The largest absolute Gasteiger partial charge is 0.507 e. The van der Waals surface area contributed by atoms with Crippen LogP contribution in [0.25, 0.3) is 0 Å². The van der Waals surface area contributed by atoms with Crippen molar-refractivity contribution >= 4 is 45.2 Å². The summed E-state index contributed by atoms with van der Waals surface area (Å²) in [4.78, 5) is 18.0. The number of nitrogens with zero attached hydrogens (tertiary/aromatic N) is 3. The number of benzene rings is 2. The zero-order chi connectivity index (χ0) is 22.1. The van der Waals surface area contributed by atoms with E-state index in [4.69, 9.17) is 0 Å². The molecule has 3 N–H and O–H groups in total. The van der Waals surface area contributed by atoms with E-state index in [1.54, 1.807) is 22.9 Å². The van der Waals surface area contributed by atoms with Gasteiger partial charge in [-0.05, 0) is 70.9 Å². The van der Waals surface area contributed by atoms with E-state index in [9.17, 15) is 9.90 Å². The van der Waals surface area contributed by atoms with E-state index in [1.807, 2.05) is 45.0 Å². The molecule has 2 aromatic carbocycles. The van der Waals surface area contributed by atoms with Crippen LogP contribution in [0, 0.1) is 6.92 Å². The number of allylic oxidation sites excluding steroid dienone is 1. The molecule has 1 aliphatic rings. The molecule has 0 aliphatic carbocycles. The summed E-state index contributed by atoms with van der Waals surface area (Å²) >= 11 is 4.92. The predicted octanol–water partition coefficient (Wildman–Crippen LogP) is 5.09. The minimum atomic E-state index is -0.503. The van der Waals surface area contributed by atoms with Crippen LogP contribution in [0.1, 0.15) is 31.0 Å². The second-order valence-electron chi connectivity index (χ2n) is 7.20. The molecule has 0 saturated heterocycles. The first kappa shape index (κ1) is 21.5. The van der Waals surface area contributed by atoms with Gasteiger partial charge in [0.15, 0.2) is 0 Å². The van der Waals surface area contributed by atoms with Crippen LogP contribution in [0.15, 0.2) is 63.4 Å². The molecule has 31 heavy (non-hydrogen) atoms. The van der Waals surface area contributed by atoms with E-state index in [0.29, 0.717) is 26.8 Å². The molecule has 0 bridgehead atoms. The highest BCUT2D eigenvalue weighted by atomic mass is 79.9. The van der Waals surface area contributed by atoms with Gasteiger partial charge in [-0.1, -0.05) is 36.9 Å². The Morgan fingerprint density at radius 3 is 2.81 bits per heavy atom. The van der Waals surface area contributed by atoms with Gasteiger partial charge in [-0.15, -0.1) is 5.10 Å². The topological polar surface area (TPSA) is 92.1 Å². The van der Waals surface area contributed by atoms with Gasteiger partial charge in [-0.3, -0.25) is 4.79 Å². The number of hydrogen-bond acceptors (Lipinski definition) is 6. The Kier molecular flexibility index (Phi) is 6.06. The summed E-state index contributed by atoms with van der Waals surface area (Å²) in [5.74, 6) is 1.32. The van der Waals surface area contributed by atoms with Gasteiger partial charge in [0.1, 0.15) is 11.8 Å². The summed E-state index contributed by atoms with van der Waals surface area (Å²) in [6, 6.07) is 12.4. The molecule has 0 radical (unpaired) electrons. The highest BCUT2D eigenvalue weighted by molar-refractivity contribution is 9.10. The predicted molar refractivity (Wildman–Crippen MR) is 126 cm³/mol. The average Bonchev–Trinajstić information content (AvgIpc) is 3.11. The van der Waals surface area contributed by atoms with Crippen LogP contribution < -0.4 is 10.6 Å². The molecule has 1 atom stereocenters. The first-order valence-corrected chi connectivity index (χ1v) is 11.6. The highest BCUT2D eigenvalue weighted by Gasteiger charge is 2.34. The molecule has 0 spiro atoms. The van der Waals surface area contributed by atoms with E-state index in [0.717, 1.165) is 22.6 Å². The fourth-order valence-electron chi connectivity index (χ4n) is 3.54. The number of anilines is 2. The number of nitrogens with one attached hydrogen (secondary N) is 2. The Morgan fingerprint density at radius 2 is 2.10 bits per heavy atom. The van der Waals surface area contributed by atoms with Gasteiger partial charge in [0.05, 0.1) is 10.0 Å². The number of rotatable bonds is 5. The van der Waals surface area contributed by atoms with Crippen LogP contribution in [0.3, 0.4) is 0 Å². The van der Waals surface area contributed by atoms with Gasteiger partial charge < -0.3 is 15.7 Å². The first-order chi connectivity index (χ1) is 14.9. The summed E-state index contributed by atoms with van der Waals surface area (Å²) < 4.78 is 2.28. The van der Waals surface area contributed by atoms with Gasteiger partial charge >= 0.3 is 0 Å². The van der Waals surface area contributed by atoms with Gasteiger partial charge in [0.25, 0.3) is 5.91 Å². The molecule has 9 heteroatoms. The quantitative estimate of drug-likeness (QED) is 0.423. The Hall–Kier alpha value is -2.78. The summed E-state index contributed by atoms with van der Waals surface area (Å²) in [5, 5.41) is 21.5. The average molecular weight is 500 g/mol. The molecule has 160 valence electrons. The molecule has 7 nitrogen and oxygen atoms in total. The molecule has 1 unspecified atom stereocenters. The van der Waals surface area contributed by atoms with Crippen molar-refractivity contribution in [3.63, 3.8) is 0 Å². The number of carbonyl (C=O) groups is 1. The van der Waals surface area contributed by atoms with Crippen LogP contribution in [-0.2, 0) is 4.79 Å². The molecule has 1 amide bonds. The van der Waals surface area contributed by atoms with E-state index >= 15 is 0 Å². The van der Waals surface area contributed by atoms with E-state index < -0.39 is 6.04 Å². The fourth-order valence-corrected chi connectivity index (χ4v) is 4.49. The molecule has 2 heterocycles. The minimum Gasteiger partial charge on any atom is -0.507 e. The summed E-state index contributed by atoms with van der Waals surface area (Å²) in [7, 11) is 0. The second kappa shape index (κ2) is 8.76.